The van der Waals surface area contributed by atoms with Crippen LogP contribution in [0.5, 0.6) is 5.75 Å². The van der Waals surface area contributed by atoms with Gasteiger partial charge in [0.05, 0.1) is 12.6 Å². The molecule has 0 atom stereocenters. The smallest absolute Gasteiger partial charge is 0.136 e. The maximum absolute atomic E-state index is 9.67. The molecule has 0 unspecified atom stereocenters. The van der Waals surface area contributed by atoms with Crippen molar-refractivity contribution in [1.29, 1.82) is 5.26 Å². The summed E-state index contributed by atoms with van der Waals surface area (Å²) in [5.74, 6) is 1.17. The third-order valence-electron chi connectivity index (χ3n) is 3.69. The van der Waals surface area contributed by atoms with Crippen LogP contribution in [0.15, 0.2) is 30.5 Å². The highest BCUT2D eigenvalue weighted by atomic mass is 16.3. The van der Waals surface area contributed by atoms with Gasteiger partial charge in [-0.05, 0) is 23.6 Å². The Hall–Kier alpha value is -2.32. The predicted octanol–water partition coefficient (Wildman–Crippen LogP) is 1.59. The van der Waals surface area contributed by atoms with Gasteiger partial charge in [0, 0.05) is 37.8 Å². The van der Waals surface area contributed by atoms with Crippen molar-refractivity contribution in [3.8, 4) is 11.8 Å². The van der Waals surface area contributed by atoms with Crippen LogP contribution >= 0.6 is 0 Å². The topological polar surface area (TPSA) is 63.4 Å². The average molecular weight is 268 g/mol. The number of hydrogen-bond acceptors (Lipinski definition) is 5. The zero-order valence-electron chi connectivity index (χ0n) is 11.2. The van der Waals surface area contributed by atoms with Crippen molar-refractivity contribution < 1.29 is 5.11 Å². The minimum atomic E-state index is 0.259. The Kier molecular flexibility index (Phi) is 3.40. The lowest BCUT2D eigenvalue weighted by Gasteiger charge is -2.34. The zero-order valence-corrected chi connectivity index (χ0v) is 11.2. The number of benzene rings is 1. The fourth-order valence-corrected chi connectivity index (χ4v) is 2.61. The molecular weight excluding hydrogens is 252 g/mol. The standard InChI is InChI=1S/C15H16N4O/c16-4-6-18-7-9-19(10-8-18)15-14-11-13(20)2-1-12(14)3-5-17-15/h1-3,5,11,20H,6-10H2. The van der Waals surface area contributed by atoms with Crippen molar-refractivity contribution in [2.45, 2.75) is 0 Å². The highest BCUT2D eigenvalue weighted by molar-refractivity contribution is 5.93. The summed E-state index contributed by atoms with van der Waals surface area (Å²) in [5.41, 5.74) is 0. The molecule has 20 heavy (non-hydrogen) atoms. The number of fused-ring (bicyclic) bond motifs is 1. The van der Waals surface area contributed by atoms with E-state index >= 15 is 0 Å². The van der Waals surface area contributed by atoms with E-state index in [0.29, 0.717) is 6.54 Å². The molecule has 5 heteroatoms. The van der Waals surface area contributed by atoms with Crippen molar-refractivity contribution in [3.05, 3.63) is 30.5 Å². The van der Waals surface area contributed by atoms with E-state index in [0.717, 1.165) is 42.8 Å². The van der Waals surface area contributed by atoms with Gasteiger partial charge in [0.15, 0.2) is 0 Å². The lowest BCUT2D eigenvalue weighted by atomic mass is 10.1. The van der Waals surface area contributed by atoms with Crippen LogP contribution in [0.25, 0.3) is 10.8 Å². The minimum Gasteiger partial charge on any atom is -0.508 e. The zero-order chi connectivity index (χ0) is 13.9. The Balaban J connectivity index is 1.88. The van der Waals surface area contributed by atoms with Crippen molar-refractivity contribution in [3.63, 3.8) is 0 Å². The van der Waals surface area contributed by atoms with E-state index in [2.05, 4.69) is 20.9 Å². The number of piperazine rings is 1. The van der Waals surface area contributed by atoms with Gasteiger partial charge in [0.2, 0.25) is 0 Å². The normalized spacial score (nSPS) is 16.2. The van der Waals surface area contributed by atoms with Crippen molar-refractivity contribution in [2.75, 3.05) is 37.6 Å². The molecule has 3 rings (SSSR count). The van der Waals surface area contributed by atoms with Crippen LogP contribution in [0, 0.1) is 11.3 Å². The number of phenols is 1. The third-order valence-corrected chi connectivity index (χ3v) is 3.69. The molecule has 0 amide bonds. The van der Waals surface area contributed by atoms with Gasteiger partial charge in [-0.1, -0.05) is 6.07 Å². The van der Waals surface area contributed by atoms with E-state index in [1.807, 2.05) is 12.1 Å². The number of aromatic hydroxyl groups is 1. The second kappa shape index (κ2) is 5.35. The molecule has 1 aromatic heterocycles. The molecule has 1 fully saturated rings. The van der Waals surface area contributed by atoms with Crippen LogP contribution in [0.4, 0.5) is 5.82 Å². The van der Waals surface area contributed by atoms with Gasteiger partial charge in [-0.15, -0.1) is 0 Å². The summed E-state index contributed by atoms with van der Waals surface area (Å²) < 4.78 is 0. The molecule has 0 bridgehead atoms. The highest BCUT2D eigenvalue weighted by Crippen LogP contribution is 2.28. The van der Waals surface area contributed by atoms with Crippen molar-refractivity contribution in [1.82, 2.24) is 9.88 Å². The molecule has 1 N–H and O–H groups in total. The number of phenolic OH excluding ortho intramolecular Hbond substituents is 1. The number of nitriles is 1. The molecule has 0 radical (unpaired) electrons. The molecule has 1 aliphatic heterocycles. The van der Waals surface area contributed by atoms with E-state index in [4.69, 9.17) is 5.26 Å². The molecule has 2 aromatic rings. The van der Waals surface area contributed by atoms with Crippen LogP contribution in [-0.2, 0) is 0 Å². The molecule has 102 valence electrons. The Morgan fingerprint density at radius 1 is 1.20 bits per heavy atom. The molecule has 5 nitrogen and oxygen atoms in total. The first-order chi connectivity index (χ1) is 9.78. The number of aromatic nitrogens is 1. The molecule has 0 saturated carbocycles. The Labute approximate surface area is 117 Å². The first kappa shape index (κ1) is 12.7. The van der Waals surface area contributed by atoms with E-state index in [-0.39, 0.29) is 5.75 Å². The van der Waals surface area contributed by atoms with Crippen LogP contribution in [0.1, 0.15) is 0 Å². The van der Waals surface area contributed by atoms with E-state index < -0.39 is 0 Å². The van der Waals surface area contributed by atoms with Gasteiger partial charge in [-0.25, -0.2) is 4.98 Å². The Morgan fingerprint density at radius 3 is 2.75 bits per heavy atom. The molecule has 1 aromatic carbocycles. The van der Waals surface area contributed by atoms with Crippen LogP contribution in [0.2, 0.25) is 0 Å². The van der Waals surface area contributed by atoms with Gasteiger partial charge in [0.25, 0.3) is 0 Å². The van der Waals surface area contributed by atoms with Crippen LogP contribution < -0.4 is 4.90 Å². The summed E-state index contributed by atoms with van der Waals surface area (Å²) in [6, 6.07) is 9.50. The number of nitrogens with zero attached hydrogens (tertiary/aromatic N) is 4. The predicted molar refractivity (Wildman–Crippen MR) is 77.7 cm³/mol. The average Bonchev–Trinajstić information content (AvgIpc) is 2.48. The summed E-state index contributed by atoms with van der Waals surface area (Å²) in [7, 11) is 0. The van der Waals surface area contributed by atoms with E-state index in [1.54, 1.807) is 18.3 Å². The SMILES string of the molecule is N#CCN1CCN(c2nccc3ccc(O)cc23)CC1. The summed E-state index contributed by atoms with van der Waals surface area (Å²) in [6.45, 7) is 3.92. The van der Waals surface area contributed by atoms with E-state index in [9.17, 15) is 5.11 Å². The van der Waals surface area contributed by atoms with Crippen molar-refractivity contribution >= 4 is 16.6 Å². The van der Waals surface area contributed by atoms with Crippen LogP contribution in [-0.4, -0.2) is 47.7 Å². The van der Waals surface area contributed by atoms with Gasteiger partial charge in [0.1, 0.15) is 11.6 Å². The molecule has 0 spiro atoms. The van der Waals surface area contributed by atoms with Crippen LogP contribution in [0.3, 0.4) is 0 Å². The lowest BCUT2D eigenvalue weighted by Crippen LogP contribution is -2.46. The second-order valence-electron chi connectivity index (χ2n) is 4.96. The fourth-order valence-electron chi connectivity index (χ4n) is 2.61. The molecule has 2 heterocycles. The van der Waals surface area contributed by atoms with Gasteiger partial charge in [-0.3, -0.25) is 4.90 Å². The summed E-state index contributed by atoms with van der Waals surface area (Å²) >= 11 is 0. The Morgan fingerprint density at radius 2 is 2.00 bits per heavy atom. The first-order valence-corrected chi connectivity index (χ1v) is 6.70. The molecule has 0 aliphatic carbocycles. The number of hydrogen-bond donors (Lipinski definition) is 1. The van der Waals surface area contributed by atoms with Crippen molar-refractivity contribution in [2.24, 2.45) is 0 Å². The van der Waals surface area contributed by atoms with Gasteiger partial charge in [-0.2, -0.15) is 5.26 Å². The monoisotopic (exact) mass is 268 g/mol. The Bertz CT molecular complexity index is 656. The fraction of sp³-hybridized carbons (Fsp3) is 0.333. The summed E-state index contributed by atoms with van der Waals surface area (Å²) in [5, 5.41) is 20.5. The minimum absolute atomic E-state index is 0.259. The molecule has 1 saturated heterocycles. The molecular formula is C15H16N4O. The molecule has 1 aliphatic rings. The number of pyridine rings is 1. The first-order valence-electron chi connectivity index (χ1n) is 6.70. The lowest BCUT2D eigenvalue weighted by molar-refractivity contribution is 0.286. The summed E-state index contributed by atoms with van der Waals surface area (Å²) in [4.78, 5) is 8.83. The summed E-state index contributed by atoms with van der Waals surface area (Å²) in [6.07, 6.45) is 1.80. The van der Waals surface area contributed by atoms with Gasteiger partial charge < -0.3 is 10.0 Å². The highest BCUT2D eigenvalue weighted by Gasteiger charge is 2.19. The third kappa shape index (κ3) is 2.38. The number of rotatable bonds is 2. The van der Waals surface area contributed by atoms with E-state index in [1.165, 1.54) is 0 Å². The van der Waals surface area contributed by atoms with Gasteiger partial charge >= 0.3 is 0 Å². The largest absolute Gasteiger partial charge is 0.508 e. The quantitative estimate of drug-likeness (QED) is 0.838. The maximum atomic E-state index is 9.67. The second-order valence-corrected chi connectivity index (χ2v) is 4.96. The maximum Gasteiger partial charge on any atom is 0.136 e. The number of anilines is 1.